The fraction of sp³-hybridized carbons (Fsp3) is 0.467. The maximum Gasteiger partial charge on any atom is 0.426 e. The van der Waals surface area contributed by atoms with Gasteiger partial charge in [0.05, 0.1) is 14.5 Å². The number of halogens is 4. The SMILES string of the molecule is CC(C)(C)C(=O)Oc1cc(C(=O)OC(CS(=O)(=O)O)C(F)(F)F)ccc1I. The van der Waals surface area contributed by atoms with Crippen LogP contribution in [0.4, 0.5) is 13.2 Å². The molecule has 0 heterocycles. The molecule has 1 unspecified atom stereocenters. The molecule has 0 radical (unpaired) electrons. The molecule has 0 fully saturated rings. The van der Waals surface area contributed by atoms with Crippen LogP contribution < -0.4 is 4.74 Å². The van der Waals surface area contributed by atoms with Crippen molar-refractivity contribution in [2.75, 3.05) is 5.75 Å². The molecule has 12 heteroatoms. The van der Waals surface area contributed by atoms with Crippen LogP contribution in [0, 0.1) is 8.99 Å². The summed E-state index contributed by atoms with van der Waals surface area (Å²) >= 11 is 1.80. The van der Waals surface area contributed by atoms with Gasteiger partial charge in [-0.15, -0.1) is 0 Å². The fourth-order valence-corrected chi connectivity index (χ4v) is 2.63. The second kappa shape index (κ2) is 8.31. The molecule has 0 aliphatic carbocycles. The molecule has 0 aromatic heterocycles. The Bertz CT molecular complexity index is 829. The molecule has 1 rings (SSSR count). The van der Waals surface area contributed by atoms with E-state index in [1.54, 1.807) is 43.4 Å². The van der Waals surface area contributed by atoms with Crippen molar-refractivity contribution >= 4 is 44.6 Å². The van der Waals surface area contributed by atoms with E-state index in [4.69, 9.17) is 9.29 Å². The van der Waals surface area contributed by atoms with Crippen LogP contribution >= 0.6 is 22.6 Å². The summed E-state index contributed by atoms with van der Waals surface area (Å²) in [6.45, 7) is 4.76. The fourth-order valence-electron chi connectivity index (χ4n) is 1.55. The van der Waals surface area contributed by atoms with Gasteiger partial charge in [-0.25, -0.2) is 4.79 Å². The van der Waals surface area contributed by atoms with Crippen LogP contribution in [0.3, 0.4) is 0 Å². The molecule has 7 nitrogen and oxygen atoms in total. The highest BCUT2D eigenvalue weighted by Crippen LogP contribution is 2.28. The summed E-state index contributed by atoms with van der Waals surface area (Å²) in [6, 6.07) is 3.45. The van der Waals surface area contributed by atoms with Gasteiger partial charge in [-0.3, -0.25) is 9.35 Å². The van der Waals surface area contributed by atoms with Gasteiger partial charge < -0.3 is 9.47 Å². The Hall–Kier alpha value is -1.41. The predicted octanol–water partition coefficient (Wildman–Crippen LogP) is 3.22. The zero-order valence-electron chi connectivity index (χ0n) is 14.3. The van der Waals surface area contributed by atoms with Crippen LogP contribution in [0.1, 0.15) is 31.1 Å². The smallest absolute Gasteiger partial charge is 0.426 e. The molecule has 1 N–H and O–H groups in total. The van der Waals surface area contributed by atoms with Crippen LogP contribution in [-0.2, 0) is 19.6 Å². The summed E-state index contributed by atoms with van der Waals surface area (Å²) in [5.41, 5.74) is -1.26. The molecule has 27 heavy (non-hydrogen) atoms. The van der Waals surface area contributed by atoms with Crippen LogP contribution in [0.5, 0.6) is 5.75 Å². The summed E-state index contributed by atoms with van der Waals surface area (Å²) in [5.74, 6) is -4.03. The summed E-state index contributed by atoms with van der Waals surface area (Å²) < 4.78 is 78.4. The number of benzene rings is 1. The summed E-state index contributed by atoms with van der Waals surface area (Å²) in [4.78, 5) is 23.9. The lowest BCUT2D eigenvalue weighted by Gasteiger charge is -2.20. The summed E-state index contributed by atoms with van der Waals surface area (Å²) in [5, 5.41) is 0. The van der Waals surface area contributed by atoms with Gasteiger partial charge in [0.2, 0.25) is 6.10 Å². The van der Waals surface area contributed by atoms with Crippen molar-refractivity contribution in [2.45, 2.75) is 33.1 Å². The van der Waals surface area contributed by atoms with Crippen molar-refractivity contribution in [3.05, 3.63) is 27.3 Å². The minimum atomic E-state index is -5.21. The molecule has 152 valence electrons. The molecule has 0 saturated heterocycles. The number of hydrogen-bond acceptors (Lipinski definition) is 6. The Balaban J connectivity index is 3.09. The van der Waals surface area contributed by atoms with Crippen LogP contribution in [0.15, 0.2) is 18.2 Å². The lowest BCUT2D eigenvalue weighted by Crippen LogP contribution is -2.39. The molecule has 0 spiro atoms. The molecule has 0 saturated carbocycles. The van der Waals surface area contributed by atoms with E-state index in [9.17, 15) is 31.2 Å². The van der Waals surface area contributed by atoms with Gasteiger partial charge in [-0.1, -0.05) is 0 Å². The zero-order chi connectivity index (χ0) is 21.2. The molecule has 1 aromatic rings. The molecular formula is C15H16F3IO7S. The van der Waals surface area contributed by atoms with Gasteiger partial charge in [-0.05, 0) is 61.6 Å². The van der Waals surface area contributed by atoms with Gasteiger partial charge in [0, 0.05) is 0 Å². The first-order chi connectivity index (χ1) is 12.0. The molecule has 0 bridgehead atoms. The van der Waals surface area contributed by atoms with Crippen molar-refractivity contribution in [3.8, 4) is 5.75 Å². The molecule has 0 amide bonds. The first-order valence-electron chi connectivity index (χ1n) is 7.25. The monoisotopic (exact) mass is 524 g/mol. The standard InChI is InChI=1S/C15H16F3IO7S/c1-14(2,3)13(21)25-10-6-8(4-5-9(10)19)12(20)26-11(15(16,17)18)7-27(22,23)24/h4-6,11H,7H2,1-3H3,(H,22,23,24). The third-order valence-corrected chi connectivity index (χ3v) is 4.57. The minimum Gasteiger partial charge on any atom is -0.448 e. The lowest BCUT2D eigenvalue weighted by atomic mass is 9.97. The Morgan fingerprint density at radius 3 is 2.22 bits per heavy atom. The van der Waals surface area contributed by atoms with Gasteiger partial charge >= 0.3 is 18.1 Å². The van der Waals surface area contributed by atoms with Gasteiger partial charge in [0.1, 0.15) is 11.5 Å². The Kier molecular flexibility index (Phi) is 7.27. The minimum absolute atomic E-state index is 0.0664. The zero-order valence-corrected chi connectivity index (χ0v) is 17.3. The van der Waals surface area contributed by atoms with E-state index in [1.807, 2.05) is 0 Å². The number of carbonyl (C=O) groups is 2. The number of alkyl halides is 3. The number of rotatable bonds is 5. The van der Waals surface area contributed by atoms with Gasteiger partial charge in [0.15, 0.2) is 0 Å². The largest absolute Gasteiger partial charge is 0.448 e. The van der Waals surface area contributed by atoms with Crippen LogP contribution in [-0.4, -0.2) is 42.9 Å². The van der Waals surface area contributed by atoms with Crippen molar-refractivity contribution in [1.82, 2.24) is 0 Å². The quantitative estimate of drug-likeness (QED) is 0.273. The summed E-state index contributed by atoms with van der Waals surface area (Å²) in [6.07, 6.45) is -8.27. The Morgan fingerprint density at radius 1 is 1.22 bits per heavy atom. The number of hydrogen-bond donors (Lipinski definition) is 1. The van der Waals surface area contributed by atoms with E-state index in [2.05, 4.69) is 4.74 Å². The molecule has 0 aliphatic rings. The van der Waals surface area contributed by atoms with Gasteiger partial charge in [-0.2, -0.15) is 21.6 Å². The van der Waals surface area contributed by atoms with E-state index in [0.717, 1.165) is 12.1 Å². The second-order valence-electron chi connectivity index (χ2n) is 6.47. The van der Waals surface area contributed by atoms with E-state index in [-0.39, 0.29) is 5.75 Å². The topological polar surface area (TPSA) is 107 Å². The predicted molar refractivity (Wildman–Crippen MR) is 95.9 cm³/mol. The molecule has 1 aromatic carbocycles. The first-order valence-corrected chi connectivity index (χ1v) is 9.94. The van der Waals surface area contributed by atoms with Crippen molar-refractivity contribution in [1.29, 1.82) is 0 Å². The van der Waals surface area contributed by atoms with E-state index >= 15 is 0 Å². The van der Waals surface area contributed by atoms with E-state index < -0.39 is 51.1 Å². The number of ether oxygens (including phenoxy) is 2. The van der Waals surface area contributed by atoms with Crippen molar-refractivity contribution in [2.24, 2.45) is 5.41 Å². The molecular weight excluding hydrogens is 508 g/mol. The average Bonchev–Trinajstić information content (AvgIpc) is 2.45. The summed E-state index contributed by atoms with van der Waals surface area (Å²) in [7, 11) is -5.05. The third kappa shape index (κ3) is 7.62. The van der Waals surface area contributed by atoms with Crippen LogP contribution in [0.25, 0.3) is 0 Å². The lowest BCUT2D eigenvalue weighted by molar-refractivity contribution is -0.197. The normalized spacial score (nSPS) is 13.8. The van der Waals surface area contributed by atoms with Crippen molar-refractivity contribution in [3.63, 3.8) is 0 Å². The highest BCUT2D eigenvalue weighted by Gasteiger charge is 2.45. The van der Waals surface area contributed by atoms with Crippen LogP contribution in [0.2, 0.25) is 0 Å². The van der Waals surface area contributed by atoms with Crippen molar-refractivity contribution < 1.29 is 45.2 Å². The Morgan fingerprint density at radius 2 is 1.78 bits per heavy atom. The second-order valence-corrected chi connectivity index (χ2v) is 9.13. The number of esters is 2. The van der Waals surface area contributed by atoms with Gasteiger partial charge in [0.25, 0.3) is 10.1 Å². The molecule has 1 atom stereocenters. The third-order valence-electron chi connectivity index (χ3n) is 2.96. The number of carbonyl (C=O) groups excluding carboxylic acids is 2. The van der Waals surface area contributed by atoms with E-state index in [1.165, 1.54) is 6.07 Å². The van der Waals surface area contributed by atoms with E-state index in [0.29, 0.717) is 3.57 Å². The average molecular weight is 524 g/mol. The first kappa shape index (κ1) is 23.6. The maximum atomic E-state index is 12.8. The molecule has 0 aliphatic heterocycles. The highest BCUT2D eigenvalue weighted by molar-refractivity contribution is 14.1. The highest BCUT2D eigenvalue weighted by atomic mass is 127. The maximum absolute atomic E-state index is 12.8. The Labute approximate surface area is 167 Å².